The molecule has 0 aromatic heterocycles. The summed E-state index contributed by atoms with van der Waals surface area (Å²) in [7, 11) is 0. The van der Waals surface area contributed by atoms with Crippen molar-refractivity contribution in [2.75, 3.05) is 5.32 Å². The molecule has 6 nitrogen and oxygen atoms in total. The predicted molar refractivity (Wildman–Crippen MR) is 89.9 cm³/mol. The van der Waals surface area contributed by atoms with Gasteiger partial charge in [0.25, 0.3) is 5.91 Å². The van der Waals surface area contributed by atoms with Gasteiger partial charge in [0.15, 0.2) is 6.10 Å². The number of nitrogens with one attached hydrogen (secondary N) is 1. The second-order valence-electron chi connectivity index (χ2n) is 5.10. The average molecular weight is 365 g/mol. The van der Waals surface area contributed by atoms with Crippen LogP contribution in [0.1, 0.15) is 27.6 Å². The Morgan fingerprint density at radius 2 is 1.80 bits per heavy atom. The maximum absolute atomic E-state index is 13.0. The van der Waals surface area contributed by atoms with E-state index in [-0.39, 0.29) is 10.6 Å². The highest BCUT2D eigenvalue weighted by Crippen LogP contribution is 2.19. The van der Waals surface area contributed by atoms with Crippen LogP contribution in [0.4, 0.5) is 10.1 Å². The number of ether oxygens (including phenoxy) is 1. The Morgan fingerprint density at radius 1 is 1.16 bits per heavy atom. The largest absolute Gasteiger partial charge is 0.449 e. The number of hydrogen-bond acceptors (Lipinski definition) is 4. The van der Waals surface area contributed by atoms with E-state index in [0.717, 1.165) is 12.1 Å². The number of hydrogen-bond donors (Lipinski definition) is 2. The van der Waals surface area contributed by atoms with Gasteiger partial charge in [-0.25, -0.2) is 9.18 Å². The normalized spacial score (nSPS) is 11.5. The zero-order valence-electron chi connectivity index (χ0n) is 13.1. The zero-order chi connectivity index (χ0) is 18.6. The number of carbonyl (C=O) groups excluding carboxylic acids is 3. The Kier molecular flexibility index (Phi) is 5.71. The van der Waals surface area contributed by atoms with Crippen molar-refractivity contribution in [2.24, 2.45) is 5.73 Å². The van der Waals surface area contributed by atoms with Crippen molar-refractivity contribution < 1.29 is 23.5 Å². The first-order valence-corrected chi connectivity index (χ1v) is 7.52. The lowest BCUT2D eigenvalue weighted by Crippen LogP contribution is -2.30. The highest BCUT2D eigenvalue weighted by molar-refractivity contribution is 6.33. The summed E-state index contributed by atoms with van der Waals surface area (Å²) in [5.74, 6) is -2.61. The minimum Gasteiger partial charge on any atom is -0.449 e. The predicted octanol–water partition coefficient (Wildman–Crippen LogP) is 2.76. The Morgan fingerprint density at radius 3 is 2.36 bits per heavy atom. The molecule has 2 amide bonds. The van der Waals surface area contributed by atoms with Crippen molar-refractivity contribution in [2.45, 2.75) is 13.0 Å². The van der Waals surface area contributed by atoms with Gasteiger partial charge in [-0.1, -0.05) is 11.6 Å². The van der Waals surface area contributed by atoms with E-state index in [0.29, 0.717) is 11.3 Å². The average Bonchev–Trinajstić information content (AvgIpc) is 2.55. The van der Waals surface area contributed by atoms with Crippen LogP contribution in [0.5, 0.6) is 0 Å². The topological polar surface area (TPSA) is 98.5 Å². The molecule has 1 atom stereocenters. The van der Waals surface area contributed by atoms with Gasteiger partial charge in [-0.3, -0.25) is 9.59 Å². The Hall–Kier alpha value is -2.93. The minimum atomic E-state index is -1.12. The number of anilines is 1. The summed E-state index contributed by atoms with van der Waals surface area (Å²) in [6.45, 7) is 1.38. The first-order chi connectivity index (χ1) is 11.8. The molecule has 0 aliphatic heterocycles. The van der Waals surface area contributed by atoms with Gasteiger partial charge in [0.1, 0.15) is 5.82 Å². The van der Waals surface area contributed by atoms with Gasteiger partial charge in [-0.05, 0) is 49.4 Å². The molecule has 0 saturated heterocycles. The minimum absolute atomic E-state index is 0.0477. The van der Waals surface area contributed by atoms with E-state index < -0.39 is 29.7 Å². The molecule has 25 heavy (non-hydrogen) atoms. The molecule has 0 bridgehead atoms. The lowest BCUT2D eigenvalue weighted by atomic mass is 10.2. The Labute approximate surface area is 147 Å². The molecule has 0 unspecified atom stereocenters. The lowest BCUT2D eigenvalue weighted by molar-refractivity contribution is -0.123. The van der Waals surface area contributed by atoms with Crippen molar-refractivity contribution in [3.63, 3.8) is 0 Å². The van der Waals surface area contributed by atoms with E-state index in [9.17, 15) is 18.8 Å². The fraction of sp³-hybridized carbons (Fsp3) is 0.118. The number of amides is 2. The second kappa shape index (κ2) is 7.76. The van der Waals surface area contributed by atoms with E-state index in [2.05, 4.69) is 5.32 Å². The molecule has 2 rings (SSSR count). The summed E-state index contributed by atoms with van der Waals surface area (Å²) in [5.41, 5.74) is 5.77. The van der Waals surface area contributed by atoms with E-state index in [1.807, 2.05) is 0 Å². The maximum Gasteiger partial charge on any atom is 0.340 e. The highest BCUT2D eigenvalue weighted by Gasteiger charge is 2.21. The third-order valence-electron chi connectivity index (χ3n) is 3.24. The van der Waals surface area contributed by atoms with Crippen molar-refractivity contribution in [1.29, 1.82) is 0 Å². The molecule has 3 N–H and O–H groups in total. The van der Waals surface area contributed by atoms with Crippen molar-refractivity contribution in [3.05, 3.63) is 64.4 Å². The number of nitrogens with two attached hydrogens (primary N) is 1. The summed E-state index contributed by atoms with van der Waals surface area (Å²) in [4.78, 5) is 35.1. The van der Waals surface area contributed by atoms with Crippen molar-refractivity contribution >= 4 is 35.1 Å². The summed E-state index contributed by atoms with van der Waals surface area (Å²) >= 11 is 5.78. The molecule has 0 radical (unpaired) electrons. The van der Waals surface area contributed by atoms with E-state index in [4.69, 9.17) is 22.1 Å². The quantitative estimate of drug-likeness (QED) is 0.797. The third kappa shape index (κ3) is 4.77. The monoisotopic (exact) mass is 364 g/mol. The van der Waals surface area contributed by atoms with Gasteiger partial charge in [0.2, 0.25) is 5.91 Å². The Balaban J connectivity index is 1.99. The molecule has 2 aromatic rings. The lowest BCUT2D eigenvalue weighted by Gasteiger charge is -2.14. The fourth-order valence-electron chi connectivity index (χ4n) is 1.89. The van der Waals surface area contributed by atoms with Gasteiger partial charge in [0.05, 0.1) is 10.6 Å². The van der Waals surface area contributed by atoms with Gasteiger partial charge in [-0.15, -0.1) is 0 Å². The fourth-order valence-corrected chi connectivity index (χ4v) is 2.14. The molecular weight excluding hydrogens is 351 g/mol. The van der Waals surface area contributed by atoms with Crippen LogP contribution < -0.4 is 11.1 Å². The van der Waals surface area contributed by atoms with Crippen LogP contribution in [0.25, 0.3) is 0 Å². The molecule has 2 aromatic carbocycles. The van der Waals surface area contributed by atoms with Gasteiger partial charge >= 0.3 is 5.97 Å². The molecular formula is C17H14ClFN2O4. The van der Waals surface area contributed by atoms with E-state index >= 15 is 0 Å². The summed E-state index contributed by atoms with van der Waals surface area (Å²) in [6, 6.07) is 9.09. The molecule has 0 aliphatic rings. The molecule has 0 aliphatic carbocycles. The smallest absolute Gasteiger partial charge is 0.340 e. The molecule has 0 saturated carbocycles. The summed E-state index contributed by atoms with van der Waals surface area (Å²) in [6.07, 6.45) is -1.12. The summed E-state index contributed by atoms with van der Waals surface area (Å²) < 4.78 is 18.0. The van der Waals surface area contributed by atoms with Crippen LogP contribution in [0.15, 0.2) is 42.5 Å². The first-order valence-electron chi connectivity index (χ1n) is 7.14. The SMILES string of the molecule is C[C@@H](OC(=O)c1ccc(F)cc1Cl)C(=O)Nc1ccc(C(N)=O)cc1. The van der Waals surface area contributed by atoms with E-state index in [1.54, 1.807) is 0 Å². The molecule has 0 spiro atoms. The van der Waals surface area contributed by atoms with Gasteiger partial charge < -0.3 is 15.8 Å². The number of carbonyl (C=O) groups is 3. The molecule has 130 valence electrons. The number of primary amides is 1. The number of rotatable bonds is 5. The van der Waals surface area contributed by atoms with E-state index in [1.165, 1.54) is 37.3 Å². The van der Waals surface area contributed by atoms with Crippen LogP contribution in [0.2, 0.25) is 5.02 Å². The van der Waals surface area contributed by atoms with Crippen LogP contribution in [-0.2, 0) is 9.53 Å². The molecule has 0 heterocycles. The third-order valence-corrected chi connectivity index (χ3v) is 3.55. The van der Waals surface area contributed by atoms with Crippen LogP contribution >= 0.6 is 11.6 Å². The van der Waals surface area contributed by atoms with Gasteiger partial charge in [-0.2, -0.15) is 0 Å². The highest BCUT2D eigenvalue weighted by atomic mass is 35.5. The maximum atomic E-state index is 13.0. The number of halogens is 2. The second-order valence-corrected chi connectivity index (χ2v) is 5.51. The van der Waals surface area contributed by atoms with Crippen LogP contribution in [0, 0.1) is 5.82 Å². The van der Waals surface area contributed by atoms with Crippen LogP contribution in [0.3, 0.4) is 0 Å². The summed E-state index contributed by atoms with van der Waals surface area (Å²) in [5, 5.41) is 2.42. The van der Waals surface area contributed by atoms with Crippen molar-refractivity contribution in [3.8, 4) is 0 Å². The van der Waals surface area contributed by atoms with Crippen LogP contribution in [-0.4, -0.2) is 23.9 Å². The number of benzene rings is 2. The number of esters is 1. The van der Waals surface area contributed by atoms with Gasteiger partial charge in [0, 0.05) is 11.3 Å². The first kappa shape index (κ1) is 18.4. The Bertz CT molecular complexity index is 824. The zero-order valence-corrected chi connectivity index (χ0v) is 13.8. The van der Waals surface area contributed by atoms with Crippen molar-refractivity contribution in [1.82, 2.24) is 0 Å². The standard InChI is InChI=1S/C17H14ClFN2O4/c1-9(25-17(24)13-7-4-11(19)8-14(13)18)16(23)21-12-5-2-10(3-6-12)15(20)22/h2-9H,1H3,(H2,20,22)(H,21,23)/t9-/m1/s1. The molecule has 0 fully saturated rings. The molecule has 8 heteroatoms.